The molecule has 130 valence electrons. The van der Waals surface area contributed by atoms with Crippen LogP contribution in [-0.2, 0) is 0 Å². The van der Waals surface area contributed by atoms with Crippen molar-refractivity contribution in [3.63, 3.8) is 0 Å². The predicted octanol–water partition coefficient (Wildman–Crippen LogP) is 3.28. The van der Waals surface area contributed by atoms with Crippen molar-refractivity contribution in [3.05, 3.63) is 94.9 Å². The summed E-state index contributed by atoms with van der Waals surface area (Å²) in [4.78, 5) is 39.7. The molecule has 3 heterocycles. The van der Waals surface area contributed by atoms with Crippen LogP contribution >= 0.6 is 0 Å². The van der Waals surface area contributed by atoms with Gasteiger partial charge in [-0.3, -0.25) is 14.6 Å². The van der Waals surface area contributed by atoms with Gasteiger partial charge in [0.1, 0.15) is 6.33 Å². The standard InChI is InChI=1S/C21H14N4O2/c26-20(7-6-14-10-22-13-23-11-14)17-8-16-12-24-18(9-19(16)25-21(17)27)15-4-2-1-3-5-15/h1-13H,(H,25,27)/b7-6+. The molecule has 6 heteroatoms. The average molecular weight is 354 g/mol. The van der Waals surface area contributed by atoms with Gasteiger partial charge in [-0.25, -0.2) is 9.97 Å². The normalized spacial score (nSPS) is 11.1. The van der Waals surface area contributed by atoms with Crippen LogP contribution in [0.3, 0.4) is 0 Å². The highest BCUT2D eigenvalue weighted by Gasteiger charge is 2.10. The van der Waals surface area contributed by atoms with Crippen LogP contribution in [0.4, 0.5) is 0 Å². The molecule has 0 radical (unpaired) electrons. The first-order valence-electron chi connectivity index (χ1n) is 8.26. The molecule has 4 aromatic rings. The highest BCUT2D eigenvalue weighted by molar-refractivity contribution is 6.08. The number of nitrogens with one attached hydrogen (secondary N) is 1. The minimum absolute atomic E-state index is 0.0601. The van der Waals surface area contributed by atoms with Crippen LogP contribution in [0.15, 0.2) is 78.3 Å². The van der Waals surface area contributed by atoms with Crippen molar-refractivity contribution in [2.24, 2.45) is 0 Å². The molecular weight excluding hydrogens is 340 g/mol. The minimum Gasteiger partial charge on any atom is -0.321 e. The third-order valence-corrected chi connectivity index (χ3v) is 4.07. The lowest BCUT2D eigenvalue weighted by Gasteiger charge is -2.04. The summed E-state index contributed by atoms with van der Waals surface area (Å²) in [5, 5.41) is 0.689. The second-order valence-corrected chi connectivity index (χ2v) is 5.90. The van der Waals surface area contributed by atoms with E-state index < -0.39 is 11.3 Å². The Balaban J connectivity index is 1.69. The van der Waals surface area contributed by atoms with Crippen LogP contribution < -0.4 is 5.56 Å². The second kappa shape index (κ2) is 7.13. The Morgan fingerprint density at radius 3 is 2.56 bits per heavy atom. The zero-order chi connectivity index (χ0) is 18.6. The van der Waals surface area contributed by atoms with E-state index in [0.29, 0.717) is 16.5 Å². The molecule has 3 aromatic heterocycles. The second-order valence-electron chi connectivity index (χ2n) is 5.90. The molecule has 0 atom stereocenters. The Bertz CT molecular complexity index is 1200. The van der Waals surface area contributed by atoms with Crippen LogP contribution in [0.5, 0.6) is 0 Å². The molecule has 0 spiro atoms. The van der Waals surface area contributed by atoms with Crippen molar-refractivity contribution in [1.29, 1.82) is 0 Å². The minimum atomic E-state index is -0.438. The molecule has 0 saturated carbocycles. The number of hydrogen-bond acceptors (Lipinski definition) is 5. The van der Waals surface area contributed by atoms with Gasteiger partial charge in [0.25, 0.3) is 5.56 Å². The third-order valence-electron chi connectivity index (χ3n) is 4.07. The maximum atomic E-state index is 12.4. The first-order chi connectivity index (χ1) is 13.2. The first-order valence-corrected chi connectivity index (χ1v) is 8.26. The number of nitrogens with zero attached hydrogens (tertiary/aromatic N) is 3. The monoisotopic (exact) mass is 354 g/mol. The van der Waals surface area contributed by atoms with Gasteiger partial charge >= 0.3 is 0 Å². The summed E-state index contributed by atoms with van der Waals surface area (Å²) in [6, 6.07) is 13.0. The van der Waals surface area contributed by atoms with Gasteiger partial charge < -0.3 is 4.98 Å². The zero-order valence-electron chi connectivity index (χ0n) is 14.2. The topological polar surface area (TPSA) is 88.6 Å². The van der Waals surface area contributed by atoms with E-state index >= 15 is 0 Å². The number of hydrogen-bond donors (Lipinski definition) is 1. The molecule has 1 N–H and O–H groups in total. The Kier molecular flexibility index (Phi) is 4.37. The Morgan fingerprint density at radius 2 is 1.78 bits per heavy atom. The lowest BCUT2D eigenvalue weighted by molar-refractivity contribution is 0.104. The molecule has 1 aromatic carbocycles. The van der Waals surface area contributed by atoms with E-state index in [1.54, 1.807) is 36.8 Å². The predicted molar refractivity (Wildman–Crippen MR) is 103 cm³/mol. The smallest absolute Gasteiger partial charge is 0.259 e. The van der Waals surface area contributed by atoms with Crippen molar-refractivity contribution in [1.82, 2.24) is 19.9 Å². The number of H-pyrrole nitrogens is 1. The average Bonchev–Trinajstić information content (AvgIpc) is 2.72. The van der Waals surface area contributed by atoms with Gasteiger partial charge in [-0.05, 0) is 24.3 Å². The number of carbonyl (C=O) groups is 1. The number of allylic oxidation sites excluding steroid dienone is 1. The molecule has 4 rings (SSSR count). The highest BCUT2D eigenvalue weighted by Crippen LogP contribution is 2.20. The number of rotatable bonds is 4. The number of pyridine rings is 2. The molecule has 0 amide bonds. The summed E-state index contributed by atoms with van der Waals surface area (Å²) >= 11 is 0. The summed E-state index contributed by atoms with van der Waals surface area (Å²) in [5.41, 5.74) is 2.63. The van der Waals surface area contributed by atoms with Gasteiger partial charge in [-0.1, -0.05) is 30.3 Å². The molecule has 0 fully saturated rings. The molecular formula is C21H14N4O2. The van der Waals surface area contributed by atoms with Gasteiger partial charge in [0.2, 0.25) is 0 Å². The quantitative estimate of drug-likeness (QED) is 0.449. The van der Waals surface area contributed by atoms with E-state index in [-0.39, 0.29) is 5.56 Å². The fourth-order valence-electron chi connectivity index (χ4n) is 2.71. The molecule has 0 aliphatic carbocycles. The van der Waals surface area contributed by atoms with Gasteiger partial charge in [0.15, 0.2) is 5.78 Å². The van der Waals surface area contributed by atoms with Crippen molar-refractivity contribution >= 4 is 22.8 Å². The highest BCUT2D eigenvalue weighted by atomic mass is 16.1. The number of aromatic amines is 1. The summed E-state index contributed by atoms with van der Waals surface area (Å²) < 4.78 is 0. The first kappa shape index (κ1) is 16.5. The van der Waals surface area contributed by atoms with Crippen molar-refractivity contribution < 1.29 is 4.79 Å². The summed E-state index contributed by atoms with van der Waals surface area (Å²) in [6.45, 7) is 0. The molecule has 0 saturated heterocycles. The van der Waals surface area contributed by atoms with E-state index in [2.05, 4.69) is 19.9 Å². The van der Waals surface area contributed by atoms with E-state index in [0.717, 1.165) is 11.3 Å². The summed E-state index contributed by atoms with van der Waals surface area (Å²) in [6.07, 6.45) is 9.12. The van der Waals surface area contributed by atoms with Crippen LogP contribution in [0.25, 0.3) is 28.2 Å². The maximum absolute atomic E-state index is 12.4. The Morgan fingerprint density at radius 1 is 1.00 bits per heavy atom. The lowest BCUT2D eigenvalue weighted by atomic mass is 10.1. The maximum Gasteiger partial charge on any atom is 0.259 e. The number of ketones is 1. The van der Waals surface area contributed by atoms with Gasteiger partial charge in [-0.15, -0.1) is 0 Å². The Hall–Kier alpha value is -3.93. The number of fused-ring (bicyclic) bond motifs is 1. The number of benzene rings is 1. The van der Waals surface area contributed by atoms with Gasteiger partial charge in [0, 0.05) is 35.1 Å². The van der Waals surface area contributed by atoms with Gasteiger partial charge in [0.05, 0.1) is 16.8 Å². The van der Waals surface area contributed by atoms with Crippen LogP contribution in [0, 0.1) is 0 Å². The van der Waals surface area contributed by atoms with Gasteiger partial charge in [-0.2, -0.15) is 0 Å². The van der Waals surface area contributed by atoms with Crippen molar-refractivity contribution in [3.8, 4) is 11.3 Å². The fraction of sp³-hybridized carbons (Fsp3) is 0. The number of carbonyl (C=O) groups excluding carboxylic acids is 1. The number of aromatic nitrogens is 4. The molecule has 27 heavy (non-hydrogen) atoms. The van der Waals surface area contributed by atoms with Crippen LogP contribution in [0.2, 0.25) is 0 Å². The molecule has 0 aliphatic heterocycles. The molecule has 0 aliphatic rings. The summed E-state index contributed by atoms with van der Waals surface area (Å²) in [7, 11) is 0. The molecule has 6 nitrogen and oxygen atoms in total. The zero-order valence-corrected chi connectivity index (χ0v) is 14.2. The van der Waals surface area contributed by atoms with Crippen LogP contribution in [0.1, 0.15) is 15.9 Å². The fourth-order valence-corrected chi connectivity index (χ4v) is 2.71. The van der Waals surface area contributed by atoms with Crippen molar-refractivity contribution in [2.45, 2.75) is 0 Å². The largest absolute Gasteiger partial charge is 0.321 e. The van der Waals surface area contributed by atoms with E-state index in [9.17, 15) is 9.59 Å². The van der Waals surface area contributed by atoms with E-state index in [1.807, 2.05) is 30.3 Å². The molecule has 0 unspecified atom stereocenters. The third kappa shape index (κ3) is 3.55. The van der Waals surface area contributed by atoms with E-state index in [1.165, 1.54) is 12.4 Å². The van der Waals surface area contributed by atoms with Crippen LogP contribution in [-0.4, -0.2) is 25.7 Å². The SMILES string of the molecule is O=C(/C=C/c1cncnc1)c1cc2cnc(-c3ccccc3)cc2[nH]c1=O. The summed E-state index contributed by atoms with van der Waals surface area (Å²) in [5.74, 6) is -0.394. The van der Waals surface area contributed by atoms with Crippen molar-refractivity contribution in [2.75, 3.05) is 0 Å². The molecule has 0 bridgehead atoms. The van der Waals surface area contributed by atoms with E-state index in [4.69, 9.17) is 0 Å². The Labute approximate surface area is 154 Å². The lowest BCUT2D eigenvalue weighted by Crippen LogP contribution is -2.16.